The lowest BCUT2D eigenvalue weighted by molar-refractivity contribution is 0.0935. The SMILES string of the molecule is O=C(N[C@@H]1CCCNC1)c1sc2nccc3c2c1NC(=O)N3c1cccc(OC2CCCC2)c1. The Morgan fingerprint density at radius 2 is 2.06 bits per heavy atom. The van der Waals surface area contributed by atoms with Gasteiger partial charge >= 0.3 is 6.03 Å². The average Bonchev–Trinajstić information content (AvgIpc) is 3.49. The van der Waals surface area contributed by atoms with Crippen LogP contribution >= 0.6 is 11.3 Å². The predicted octanol–water partition coefficient (Wildman–Crippen LogP) is 4.78. The molecule has 0 spiro atoms. The van der Waals surface area contributed by atoms with E-state index >= 15 is 0 Å². The van der Waals surface area contributed by atoms with Crippen molar-refractivity contribution in [3.8, 4) is 5.75 Å². The predicted molar refractivity (Wildman–Crippen MR) is 133 cm³/mol. The molecule has 4 heterocycles. The number of piperidine rings is 1. The number of rotatable bonds is 5. The number of urea groups is 1. The fraction of sp³-hybridized carbons (Fsp3) is 0.400. The second-order valence-corrected chi connectivity index (χ2v) is 10.1. The molecule has 1 aromatic carbocycles. The Labute approximate surface area is 201 Å². The molecule has 0 unspecified atom stereocenters. The van der Waals surface area contributed by atoms with Gasteiger partial charge in [0.05, 0.1) is 28.6 Å². The Kier molecular flexibility index (Phi) is 5.58. The Bertz CT molecular complexity index is 1250. The highest BCUT2D eigenvalue weighted by Crippen LogP contribution is 2.46. The van der Waals surface area contributed by atoms with Crippen molar-refractivity contribution in [1.29, 1.82) is 0 Å². The van der Waals surface area contributed by atoms with Crippen molar-refractivity contribution in [1.82, 2.24) is 15.6 Å². The van der Waals surface area contributed by atoms with Gasteiger partial charge in [-0.15, -0.1) is 11.3 Å². The molecule has 3 aliphatic rings. The highest BCUT2D eigenvalue weighted by Gasteiger charge is 2.33. The van der Waals surface area contributed by atoms with Crippen LogP contribution in [0.1, 0.15) is 48.2 Å². The third kappa shape index (κ3) is 3.88. The van der Waals surface area contributed by atoms with Crippen LogP contribution in [0.4, 0.5) is 21.9 Å². The molecule has 1 saturated heterocycles. The Morgan fingerprint density at radius 1 is 1.18 bits per heavy atom. The van der Waals surface area contributed by atoms with Crippen molar-refractivity contribution in [3.63, 3.8) is 0 Å². The molecule has 0 radical (unpaired) electrons. The molecule has 3 N–H and O–H groups in total. The number of thiophene rings is 1. The Morgan fingerprint density at radius 3 is 2.88 bits per heavy atom. The zero-order valence-electron chi connectivity index (χ0n) is 18.8. The first-order valence-corrected chi connectivity index (χ1v) is 12.8. The quantitative estimate of drug-likeness (QED) is 0.491. The Hall–Kier alpha value is -3.17. The zero-order valence-corrected chi connectivity index (χ0v) is 19.6. The van der Waals surface area contributed by atoms with Gasteiger partial charge in [0.2, 0.25) is 0 Å². The number of nitrogens with zero attached hydrogens (tertiary/aromatic N) is 2. The van der Waals surface area contributed by atoms with Crippen LogP contribution in [0, 0.1) is 0 Å². The largest absolute Gasteiger partial charge is 0.490 e. The summed E-state index contributed by atoms with van der Waals surface area (Å²) in [5.41, 5.74) is 1.98. The molecule has 0 bridgehead atoms. The Balaban J connectivity index is 1.34. The molecule has 2 fully saturated rings. The number of carbonyl (C=O) groups is 2. The molecular weight excluding hydrogens is 450 g/mol. The summed E-state index contributed by atoms with van der Waals surface area (Å²) in [6, 6.07) is 9.26. The summed E-state index contributed by atoms with van der Waals surface area (Å²) in [6.07, 6.45) is 8.44. The minimum absolute atomic E-state index is 0.0875. The lowest BCUT2D eigenvalue weighted by Gasteiger charge is -2.29. The summed E-state index contributed by atoms with van der Waals surface area (Å²) in [6.45, 7) is 1.74. The standard InChI is InChI=1S/C25H27N5O3S/c31-23(28-15-5-4-11-26-14-15)22-21-20-19(10-12-27-24(20)34-22)30(25(32)29-21)16-6-3-9-18(13-16)33-17-7-1-2-8-17/h3,6,9-10,12-13,15,17,26H,1-2,4-5,7-8,11,14H2,(H,28,31)(H,29,32)/t15-/m1/s1. The number of pyridine rings is 1. The van der Waals surface area contributed by atoms with Crippen molar-refractivity contribution < 1.29 is 14.3 Å². The van der Waals surface area contributed by atoms with E-state index in [0.717, 1.165) is 66.1 Å². The molecule has 1 saturated carbocycles. The molecule has 9 heteroatoms. The van der Waals surface area contributed by atoms with Gasteiger partial charge in [-0.05, 0) is 63.3 Å². The smallest absolute Gasteiger partial charge is 0.331 e. The van der Waals surface area contributed by atoms with Gasteiger partial charge in [-0.25, -0.2) is 9.78 Å². The minimum atomic E-state index is -0.301. The van der Waals surface area contributed by atoms with Gasteiger partial charge in [0, 0.05) is 24.8 Å². The average molecular weight is 478 g/mol. The topological polar surface area (TPSA) is 95.6 Å². The number of benzene rings is 1. The molecule has 2 aliphatic heterocycles. The van der Waals surface area contributed by atoms with Crippen LogP contribution in [-0.4, -0.2) is 42.2 Å². The van der Waals surface area contributed by atoms with Crippen molar-refractivity contribution in [2.24, 2.45) is 0 Å². The van der Waals surface area contributed by atoms with Crippen molar-refractivity contribution >= 4 is 50.6 Å². The van der Waals surface area contributed by atoms with Crippen LogP contribution in [0.3, 0.4) is 0 Å². The van der Waals surface area contributed by atoms with E-state index in [2.05, 4.69) is 20.9 Å². The van der Waals surface area contributed by atoms with Gasteiger partial charge in [0.1, 0.15) is 15.5 Å². The van der Waals surface area contributed by atoms with E-state index in [1.165, 1.54) is 24.2 Å². The first-order valence-electron chi connectivity index (χ1n) is 12.0. The van der Waals surface area contributed by atoms with Gasteiger partial charge in [0.15, 0.2) is 0 Å². The van der Waals surface area contributed by atoms with Crippen LogP contribution in [0.2, 0.25) is 0 Å². The summed E-state index contributed by atoms with van der Waals surface area (Å²) in [4.78, 5) is 33.8. The van der Waals surface area contributed by atoms with Gasteiger partial charge in [-0.2, -0.15) is 0 Å². The minimum Gasteiger partial charge on any atom is -0.490 e. The molecular formula is C25H27N5O3S. The second kappa shape index (κ2) is 8.88. The van der Waals surface area contributed by atoms with E-state index in [-0.39, 0.29) is 24.1 Å². The van der Waals surface area contributed by atoms with Crippen molar-refractivity contribution in [2.45, 2.75) is 50.7 Å². The van der Waals surface area contributed by atoms with E-state index in [0.29, 0.717) is 10.6 Å². The molecule has 34 heavy (non-hydrogen) atoms. The summed E-state index contributed by atoms with van der Waals surface area (Å²) < 4.78 is 6.17. The number of ether oxygens (including phenoxy) is 1. The first-order chi connectivity index (χ1) is 16.7. The highest BCUT2D eigenvalue weighted by molar-refractivity contribution is 7.21. The summed E-state index contributed by atoms with van der Waals surface area (Å²) >= 11 is 1.31. The van der Waals surface area contributed by atoms with E-state index < -0.39 is 0 Å². The molecule has 176 valence electrons. The van der Waals surface area contributed by atoms with Crippen LogP contribution in [-0.2, 0) is 0 Å². The molecule has 1 atom stereocenters. The molecule has 1 aliphatic carbocycles. The number of nitrogens with one attached hydrogen (secondary N) is 3. The third-order valence-electron chi connectivity index (χ3n) is 6.77. The summed E-state index contributed by atoms with van der Waals surface area (Å²) in [7, 11) is 0. The van der Waals surface area contributed by atoms with Gasteiger partial charge in [-0.3, -0.25) is 9.69 Å². The number of aromatic nitrogens is 1. The number of carbonyl (C=O) groups excluding carboxylic acids is 2. The van der Waals surface area contributed by atoms with E-state index in [1.54, 1.807) is 11.1 Å². The van der Waals surface area contributed by atoms with Crippen LogP contribution < -0.4 is 25.6 Å². The maximum absolute atomic E-state index is 13.3. The number of anilines is 3. The number of hydrogen-bond donors (Lipinski definition) is 3. The molecule has 3 amide bonds. The summed E-state index contributed by atoms with van der Waals surface area (Å²) in [5.74, 6) is 0.595. The van der Waals surface area contributed by atoms with E-state index in [4.69, 9.17) is 4.74 Å². The molecule has 2 aromatic heterocycles. The zero-order chi connectivity index (χ0) is 23.1. The third-order valence-corrected chi connectivity index (χ3v) is 7.86. The summed E-state index contributed by atoms with van der Waals surface area (Å²) in [5, 5.41) is 10.2. The maximum Gasteiger partial charge on any atom is 0.331 e. The maximum atomic E-state index is 13.3. The lowest BCUT2D eigenvalue weighted by atomic mass is 10.1. The lowest BCUT2D eigenvalue weighted by Crippen LogP contribution is -2.45. The number of hydrogen-bond acceptors (Lipinski definition) is 6. The molecule has 6 rings (SSSR count). The first kappa shape index (κ1) is 21.4. The van der Waals surface area contributed by atoms with Gasteiger partial charge in [0.25, 0.3) is 5.91 Å². The van der Waals surface area contributed by atoms with E-state index in [9.17, 15) is 9.59 Å². The molecule has 3 aromatic rings. The normalized spacial score (nSPS) is 20.4. The monoisotopic (exact) mass is 477 g/mol. The van der Waals surface area contributed by atoms with Crippen LogP contribution in [0.5, 0.6) is 5.75 Å². The second-order valence-electron chi connectivity index (χ2n) is 9.12. The van der Waals surface area contributed by atoms with Crippen molar-refractivity contribution in [2.75, 3.05) is 23.3 Å². The van der Waals surface area contributed by atoms with E-state index in [1.807, 2.05) is 30.3 Å². The fourth-order valence-electron chi connectivity index (χ4n) is 5.12. The number of amides is 3. The van der Waals surface area contributed by atoms with Crippen LogP contribution in [0.15, 0.2) is 36.5 Å². The molecule has 8 nitrogen and oxygen atoms in total. The fourth-order valence-corrected chi connectivity index (χ4v) is 6.14. The highest BCUT2D eigenvalue weighted by atomic mass is 32.1. The van der Waals surface area contributed by atoms with Crippen molar-refractivity contribution in [3.05, 3.63) is 41.4 Å². The van der Waals surface area contributed by atoms with Gasteiger partial charge < -0.3 is 20.7 Å². The van der Waals surface area contributed by atoms with Gasteiger partial charge in [-0.1, -0.05) is 6.07 Å². The van der Waals surface area contributed by atoms with Crippen LogP contribution in [0.25, 0.3) is 10.2 Å².